The molecule has 0 bridgehead atoms. The molecule has 272 valence electrons. The molecule has 0 saturated heterocycles. The van der Waals surface area contributed by atoms with Crippen molar-refractivity contribution in [3.63, 3.8) is 0 Å². The minimum Gasteiger partial charge on any atom is -0.359 e. The molecule has 9 aromatic carbocycles. The van der Waals surface area contributed by atoms with E-state index in [9.17, 15) is 0 Å². The van der Waals surface area contributed by atoms with Crippen molar-refractivity contribution in [1.29, 1.82) is 0 Å². The van der Waals surface area contributed by atoms with Crippen molar-refractivity contribution in [2.24, 2.45) is 4.99 Å². The van der Waals surface area contributed by atoms with E-state index in [1.165, 1.54) is 65.5 Å². The minimum atomic E-state index is -0.272. The lowest BCUT2D eigenvalue weighted by Crippen LogP contribution is -2.21. The second-order valence-electron chi connectivity index (χ2n) is 15.2. The zero-order chi connectivity index (χ0) is 38.2. The maximum Gasteiger partial charge on any atom is 0.145 e. The lowest BCUT2D eigenvalue weighted by molar-refractivity contribution is 0.828. The number of rotatable bonds is 5. The summed E-state index contributed by atoms with van der Waals surface area (Å²) >= 11 is 0. The number of benzene rings is 9. The second-order valence-corrected chi connectivity index (χ2v) is 15.2. The van der Waals surface area contributed by atoms with Gasteiger partial charge >= 0.3 is 0 Å². The van der Waals surface area contributed by atoms with Crippen molar-refractivity contribution < 1.29 is 0 Å². The molecule has 1 unspecified atom stereocenters. The molecule has 1 N–H and O–H groups in total. The fourth-order valence-corrected chi connectivity index (χ4v) is 9.34. The number of hydrogen-bond acceptors (Lipinski definition) is 2. The number of nitrogens with one attached hydrogen (secondary N) is 1. The number of aromatic nitrogens is 2. The smallest absolute Gasteiger partial charge is 0.145 e. The van der Waals surface area contributed by atoms with Crippen LogP contribution in [-0.4, -0.2) is 14.8 Å². The lowest BCUT2D eigenvalue weighted by atomic mass is 9.94. The van der Waals surface area contributed by atoms with Crippen LogP contribution < -0.4 is 5.32 Å². The van der Waals surface area contributed by atoms with Crippen LogP contribution in [0.25, 0.3) is 76.9 Å². The van der Waals surface area contributed by atoms with Crippen molar-refractivity contribution in [2.75, 3.05) is 5.32 Å². The minimum absolute atomic E-state index is 0.272. The number of fused-ring (bicyclic) bond motifs is 9. The monoisotopic (exact) mass is 740 g/mol. The van der Waals surface area contributed by atoms with Crippen molar-refractivity contribution in [1.82, 2.24) is 9.13 Å². The lowest BCUT2D eigenvalue weighted by Gasteiger charge is -2.28. The van der Waals surface area contributed by atoms with Crippen molar-refractivity contribution in [3.05, 3.63) is 223 Å². The number of anilines is 1. The molecule has 4 heteroatoms. The molecule has 0 amide bonds. The number of hydrogen-bond donors (Lipinski definition) is 1. The zero-order valence-electron chi connectivity index (χ0n) is 31.5. The Kier molecular flexibility index (Phi) is 7.26. The van der Waals surface area contributed by atoms with E-state index < -0.39 is 0 Å². The first kappa shape index (κ1) is 32.5. The molecular weight excluding hydrogens is 705 g/mol. The molecule has 1 atom stereocenters. The fraction of sp³-hybridized carbons (Fsp3) is 0.0185. The van der Waals surface area contributed by atoms with Gasteiger partial charge in [-0.2, -0.15) is 0 Å². The average Bonchev–Trinajstić information content (AvgIpc) is 3.82. The molecule has 12 rings (SSSR count). The Hall–Kier alpha value is -7.69. The first-order valence-corrected chi connectivity index (χ1v) is 19.9. The molecule has 1 aliphatic heterocycles. The molecular formula is C54H36N4. The summed E-state index contributed by atoms with van der Waals surface area (Å²) in [5, 5.41) is 11.2. The molecule has 2 aromatic heterocycles. The van der Waals surface area contributed by atoms with Crippen molar-refractivity contribution in [2.45, 2.75) is 6.17 Å². The molecule has 0 radical (unpaired) electrons. The highest BCUT2D eigenvalue weighted by Gasteiger charge is 2.25. The van der Waals surface area contributed by atoms with Crippen LogP contribution in [0.1, 0.15) is 22.9 Å². The molecule has 3 heterocycles. The summed E-state index contributed by atoms with van der Waals surface area (Å²) in [5.74, 6) is 0. The molecule has 1 aliphatic rings. The van der Waals surface area contributed by atoms with Gasteiger partial charge in [-0.25, -0.2) is 0 Å². The molecule has 0 fully saturated rings. The summed E-state index contributed by atoms with van der Waals surface area (Å²) < 4.78 is 4.80. The van der Waals surface area contributed by atoms with Gasteiger partial charge in [0.05, 0.1) is 33.5 Å². The number of para-hydroxylation sites is 3. The molecule has 4 nitrogen and oxygen atoms in total. The normalized spacial score (nSPS) is 13.9. The van der Waals surface area contributed by atoms with E-state index in [1.807, 2.05) is 0 Å². The standard InChI is InChI=1S/C54H36N4/c1-3-16-36(17-4-1)52-45-31-29-35-15-7-8-22-42(35)53(45)56-54(55-52)38-18-13-21-40(33-38)58-47-26-11-9-23-43(47)46-34-37(30-32-49(46)58)41-25-14-28-50-51(41)44-24-10-12-27-48(44)57(50)39-19-5-2-6-20-39/h1-34,54,56H. The Balaban J connectivity index is 1.01. The van der Waals surface area contributed by atoms with Gasteiger partial charge in [-0.05, 0) is 76.7 Å². The Labute approximate surface area is 335 Å². The van der Waals surface area contributed by atoms with E-state index >= 15 is 0 Å². The summed E-state index contributed by atoms with van der Waals surface area (Å²) in [6.07, 6.45) is -0.272. The van der Waals surface area contributed by atoms with Crippen LogP contribution in [-0.2, 0) is 0 Å². The number of aliphatic imine (C=N–C) groups is 1. The molecule has 11 aromatic rings. The quantitative estimate of drug-likeness (QED) is 0.187. The Morgan fingerprint density at radius 3 is 1.88 bits per heavy atom. The highest BCUT2D eigenvalue weighted by molar-refractivity contribution is 6.21. The third kappa shape index (κ3) is 4.98. The van der Waals surface area contributed by atoms with Gasteiger partial charge in [0.2, 0.25) is 0 Å². The van der Waals surface area contributed by atoms with Crippen LogP contribution in [0.5, 0.6) is 0 Å². The molecule has 0 aliphatic carbocycles. The van der Waals surface area contributed by atoms with Gasteiger partial charge in [-0.3, -0.25) is 4.99 Å². The second kappa shape index (κ2) is 12.9. The van der Waals surface area contributed by atoms with E-state index in [-0.39, 0.29) is 6.17 Å². The van der Waals surface area contributed by atoms with Crippen LogP contribution in [0.15, 0.2) is 211 Å². The van der Waals surface area contributed by atoms with Crippen LogP contribution >= 0.6 is 0 Å². The first-order valence-electron chi connectivity index (χ1n) is 19.9. The van der Waals surface area contributed by atoms with Gasteiger partial charge in [-0.15, -0.1) is 0 Å². The number of nitrogens with zero attached hydrogens (tertiary/aromatic N) is 3. The van der Waals surface area contributed by atoms with Gasteiger partial charge in [0.15, 0.2) is 0 Å². The van der Waals surface area contributed by atoms with Crippen LogP contribution in [0.2, 0.25) is 0 Å². The van der Waals surface area contributed by atoms with Gasteiger partial charge < -0.3 is 14.5 Å². The highest BCUT2D eigenvalue weighted by Crippen LogP contribution is 2.42. The van der Waals surface area contributed by atoms with E-state index in [1.54, 1.807) is 0 Å². The average molecular weight is 741 g/mol. The summed E-state index contributed by atoms with van der Waals surface area (Å²) in [5.41, 5.74) is 14.9. The summed E-state index contributed by atoms with van der Waals surface area (Å²) in [6.45, 7) is 0. The Morgan fingerprint density at radius 2 is 1.03 bits per heavy atom. The Morgan fingerprint density at radius 1 is 0.397 bits per heavy atom. The van der Waals surface area contributed by atoms with Crippen molar-refractivity contribution in [3.8, 4) is 22.5 Å². The molecule has 0 spiro atoms. The van der Waals surface area contributed by atoms with Gasteiger partial charge in [-0.1, -0.05) is 152 Å². The van der Waals surface area contributed by atoms with E-state index in [0.717, 1.165) is 39.5 Å². The highest BCUT2D eigenvalue weighted by atomic mass is 15.1. The zero-order valence-corrected chi connectivity index (χ0v) is 31.5. The fourth-order valence-electron chi connectivity index (χ4n) is 9.34. The largest absolute Gasteiger partial charge is 0.359 e. The maximum atomic E-state index is 5.42. The SMILES string of the molecule is c1ccc(C2=NC(c3cccc(-n4c5ccccc5c5cc(-c6cccc7c6c6ccccc6n7-c6ccccc6)ccc54)c3)Nc3c2ccc2ccccc32)cc1. The first-order chi connectivity index (χ1) is 28.8. The Bertz CT molecular complexity index is 3430. The van der Waals surface area contributed by atoms with E-state index in [4.69, 9.17) is 4.99 Å². The van der Waals surface area contributed by atoms with Crippen LogP contribution in [0, 0.1) is 0 Å². The summed E-state index contributed by atoms with van der Waals surface area (Å²) in [7, 11) is 0. The van der Waals surface area contributed by atoms with Gasteiger partial charge in [0, 0.05) is 49.4 Å². The van der Waals surface area contributed by atoms with E-state index in [2.05, 4.69) is 221 Å². The third-order valence-corrected chi connectivity index (χ3v) is 11.9. The van der Waals surface area contributed by atoms with Gasteiger partial charge in [0.1, 0.15) is 6.17 Å². The summed E-state index contributed by atoms with van der Waals surface area (Å²) in [6, 6.07) is 74.4. The third-order valence-electron chi connectivity index (χ3n) is 11.9. The topological polar surface area (TPSA) is 34.2 Å². The van der Waals surface area contributed by atoms with Crippen LogP contribution in [0.4, 0.5) is 5.69 Å². The van der Waals surface area contributed by atoms with Crippen LogP contribution in [0.3, 0.4) is 0 Å². The maximum absolute atomic E-state index is 5.42. The van der Waals surface area contributed by atoms with Crippen molar-refractivity contribution >= 4 is 65.8 Å². The predicted octanol–water partition coefficient (Wildman–Crippen LogP) is 13.7. The van der Waals surface area contributed by atoms with E-state index in [0.29, 0.717) is 0 Å². The predicted molar refractivity (Wildman–Crippen MR) is 243 cm³/mol. The van der Waals surface area contributed by atoms with Gasteiger partial charge in [0.25, 0.3) is 0 Å². The molecule has 58 heavy (non-hydrogen) atoms. The molecule has 0 saturated carbocycles. The summed E-state index contributed by atoms with van der Waals surface area (Å²) in [4.78, 5) is 5.42.